The Morgan fingerprint density at radius 2 is 1.96 bits per heavy atom. The molecule has 0 aliphatic carbocycles. The Morgan fingerprint density at radius 1 is 1.22 bits per heavy atom. The van der Waals surface area contributed by atoms with Crippen LogP contribution in [-0.2, 0) is 4.79 Å². The molecule has 140 valence electrons. The summed E-state index contributed by atoms with van der Waals surface area (Å²) in [6, 6.07) is 10.2. The van der Waals surface area contributed by atoms with Gasteiger partial charge in [0.15, 0.2) is 6.61 Å². The fourth-order valence-electron chi connectivity index (χ4n) is 2.37. The summed E-state index contributed by atoms with van der Waals surface area (Å²) in [5.41, 5.74) is 6.12. The summed E-state index contributed by atoms with van der Waals surface area (Å²) in [6.07, 6.45) is 4.62. The number of benzene rings is 2. The number of amides is 1. The second-order valence-electron chi connectivity index (χ2n) is 5.97. The number of hydrazone groups is 1. The molecular weight excluding hydrogens is 346 g/mol. The number of nitrogens with one attached hydrogen (secondary N) is 1. The Labute approximate surface area is 157 Å². The molecule has 0 heterocycles. The van der Waals surface area contributed by atoms with Crippen molar-refractivity contribution in [2.75, 3.05) is 6.61 Å². The van der Waals surface area contributed by atoms with Crippen molar-refractivity contribution in [3.8, 4) is 5.75 Å². The monoisotopic (exact) mass is 367 g/mol. The first-order chi connectivity index (χ1) is 12.9. The highest BCUT2D eigenvalue weighted by Crippen LogP contribution is 2.25. The Balaban J connectivity index is 1.84. The number of nitro groups is 1. The molecule has 0 aromatic heterocycles. The van der Waals surface area contributed by atoms with Gasteiger partial charge in [-0.15, -0.1) is 0 Å². The molecule has 0 spiro atoms. The highest BCUT2D eigenvalue weighted by atomic mass is 16.6. The number of carbonyl (C=O) groups excluding carboxylic acids is 1. The van der Waals surface area contributed by atoms with Crippen LogP contribution < -0.4 is 10.2 Å². The van der Waals surface area contributed by atoms with Crippen molar-refractivity contribution >= 4 is 23.9 Å². The Kier molecular flexibility index (Phi) is 6.82. The van der Waals surface area contributed by atoms with Crippen LogP contribution in [0.15, 0.2) is 47.6 Å². The lowest BCUT2D eigenvalue weighted by atomic mass is 10.1. The molecular formula is C20H21N3O4. The van der Waals surface area contributed by atoms with Gasteiger partial charge in [-0.3, -0.25) is 14.9 Å². The largest absolute Gasteiger partial charge is 0.483 e. The summed E-state index contributed by atoms with van der Waals surface area (Å²) >= 11 is 0. The summed E-state index contributed by atoms with van der Waals surface area (Å²) < 4.78 is 5.60. The molecule has 1 N–H and O–H groups in total. The molecule has 0 aliphatic rings. The van der Waals surface area contributed by atoms with Crippen LogP contribution in [0.25, 0.3) is 6.08 Å². The molecule has 0 radical (unpaired) electrons. The molecule has 2 aromatic carbocycles. The van der Waals surface area contributed by atoms with E-state index >= 15 is 0 Å². The molecule has 2 rings (SSSR count). The number of nitrogens with zero attached hydrogens (tertiary/aromatic N) is 2. The van der Waals surface area contributed by atoms with Crippen molar-refractivity contribution in [3.63, 3.8) is 0 Å². The van der Waals surface area contributed by atoms with Crippen molar-refractivity contribution in [1.29, 1.82) is 0 Å². The van der Waals surface area contributed by atoms with Gasteiger partial charge >= 0.3 is 0 Å². The third-order valence-corrected chi connectivity index (χ3v) is 3.94. The summed E-state index contributed by atoms with van der Waals surface area (Å²) in [5, 5.41) is 14.5. The van der Waals surface area contributed by atoms with Crippen molar-refractivity contribution in [1.82, 2.24) is 5.43 Å². The van der Waals surface area contributed by atoms with Crippen molar-refractivity contribution in [3.05, 3.63) is 74.8 Å². The molecule has 0 saturated carbocycles. The summed E-state index contributed by atoms with van der Waals surface area (Å²) in [5.74, 6) is 0.329. The number of aryl methyl sites for hydroxylation is 2. The van der Waals surface area contributed by atoms with Gasteiger partial charge in [0.05, 0.1) is 4.92 Å². The zero-order valence-electron chi connectivity index (χ0n) is 15.4. The lowest BCUT2D eigenvalue weighted by molar-refractivity contribution is -0.384. The molecule has 1 amide bonds. The fourth-order valence-corrected chi connectivity index (χ4v) is 2.37. The van der Waals surface area contributed by atoms with Gasteiger partial charge in [0.25, 0.3) is 11.6 Å². The maximum absolute atomic E-state index is 11.8. The maximum atomic E-state index is 11.8. The summed E-state index contributed by atoms with van der Waals surface area (Å²) in [6.45, 7) is 5.72. The van der Waals surface area contributed by atoms with E-state index in [2.05, 4.69) is 10.5 Å². The average molecular weight is 367 g/mol. The van der Waals surface area contributed by atoms with Crippen LogP contribution in [-0.4, -0.2) is 23.7 Å². The predicted molar refractivity (Wildman–Crippen MR) is 105 cm³/mol. The maximum Gasteiger partial charge on any atom is 0.277 e. The van der Waals surface area contributed by atoms with Gasteiger partial charge in [0.1, 0.15) is 5.75 Å². The van der Waals surface area contributed by atoms with Gasteiger partial charge < -0.3 is 4.74 Å². The second kappa shape index (κ2) is 9.28. The number of nitro benzene ring substituents is 1. The van der Waals surface area contributed by atoms with E-state index in [1.807, 2.05) is 32.9 Å². The van der Waals surface area contributed by atoms with Crippen LogP contribution in [0.3, 0.4) is 0 Å². The van der Waals surface area contributed by atoms with Crippen LogP contribution in [0.5, 0.6) is 5.75 Å². The van der Waals surface area contributed by atoms with Gasteiger partial charge in [0.2, 0.25) is 0 Å². The second-order valence-corrected chi connectivity index (χ2v) is 5.97. The topological polar surface area (TPSA) is 93.8 Å². The van der Waals surface area contributed by atoms with Gasteiger partial charge in [-0.2, -0.15) is 5.10 Å². The molecule has 0 saturated heterocycles. The number of carbonyl (C=O) groups is 1. The Bertz CT molecular complexity index is 904. The number of non-ortho nitro benzene ring substituents is 1. The van der Waals surface area contributed by atoms with Gasteiger partial charge in [-0.25, -0.2) is 5.43 Å². The summed E-state index contributed by atoms with van der Waals surface area (Å²) in [7, 11) is 0. The normalized spacial score (nSPS) is 11.1. The first-order valence-corrected chi connectivity index (χ1v) is 8.31. The molecule has 0 unspecified atom stereocenters. The standard InChI is InChI=1S/C20H21N3O4/c1-14-9-10-15(2)20(16(14)3)27-13-19(24)22-21-11-5-7-17-6-4-8-18(12-17)23(25)26/h4-12H,13H2,1-3H3,(H,22,24). The Morgan fingerprint density at radius 3 is 2.70 bits per heavy atom. The average Bonchev–Trinajstić information content (AvgIpc) is 2.65. The van der Waals surface area contributed by atoms with Gasteiger partial charge in [-0.05, 0) is 49.1 Å². The molecule has 0 atom stereocenters. The van der Waals surface area contributed by atoms with E-state index in [1.165, 1.54) is 18.3 Å². The van der Waals surface area contributed by atoms with Crippen molar-refractivity contribution in [2.45, 2.75) is 20.8 Å². The van der Waals surface area contributed by atoms with Gasteiger partial charge in [0, 0.05) is 18.3 Å². The third-order valence-electron chi connectivity index (χ3n) is 3.94. The SMILES string of the molecule is Cc1ccc(C)c(OCC(=O)NN=CC=Cc2cccc([N+](=O)[O-])c2)c1C. The number of hydrogen-bond acceptors (Lipinski definition) is 5. The van der Waals surface area contributed by atoms with Gasteiger partial charge in [-0.1, -0.05) is 30.3 Å². The van der Waals surface area contributed by atoms with E-state index in [-0.39, 0.29) is 18.2 Å². The molecule has 7 heteroatoms. The zero-order valence-corrected chi connectivity index (χ0v) is 15.4. The number of allylic oxidation sites excluding steroid dienone is 1. The Hall–Kier alpha value is -3.48. The molecule has 0 bridgehead atoms. The van der Waals surface area contributed by atoms with E-state index in [0.29, 0.717) is 11.3 Å². The number of ether oxygens (including phenoxy) is 1. The first kappa shape index (κ1) is 19.8. The van der Waals surface area contributed by atoms with Crippen LogP contribution in [0.2, 0.25) is 0 Å². The van der Waals surface area contributed by atoms with E-state index in [4.69, 9.17) is 4.74 Å². The van der Waals surface area contributed by atoms with Crippen molar-refractivity contribution in [2.24, 2.45) is 5.10 Å². The third kappa shape index (κ3) is 5.78. The van der Waals surface area contributed by atoms with E-state index in [0.717, 1.165) is 16.7 Å². The number of rotatable bonds is 7. The lowest BCUT2D eigenvalue weighted by Gasteiger charge is -2.13. The molecule has 2 aromatic rings. The smallest absolute Gasteiger partial charge is 0.277 e. The first-order valence-electron chi connectivity index (χ1n) is 8.31. The summed E-state index contributed by atoms with van der Waals surface area (Å²) in [4.78, 5) is 22.1. The van der Waals surface area contributed by atoms with Crippen LogP contribution in [0.4, 0.5) is 5.69 Å². The molecule has 0 aliphatic heterocycles. The molecule has 27 heavy (non-hydrogen) atoms. The number of hydrogen-bond donors (Lipinski definition) is 1. The highest BCUT2D eigenvalue weighted by Gasteiger charge is 2.08. The van der Waals surface area contributed by atoms with Crippen molar-refractivity contribution < 1.29 is 14.5 Å². The lowest BCUT2D eigenvalue weighted by Crippen LogP contribution is -2.24. The predicted octanol–water partition coefficient (Wildman–Crippen LogP) is 3.71. The minimum Gasteiger partial charge on any atom is -0.483 e. The highest BCUT2D eigenvalue weighted by molar-refractivity contribution is 5.82. The fraction of sp³-hybridized carbons (Fsp3) is 0.200. The minimum atomic E-state index is -0.455. The quantitative estimate of drug-likeness (QED) is 0.458. The van der Waals surface area contributed by atoms with Crippen LogP contribution in [0, 0.1) is 30.9 Å². The minimum absolute atomic E-state index is 0.0151. The molecule has 7 nitrogen and oxygen atoms in total. The van der Waals surface area contributed by atoms with E-state index < -0.39 is 4.92 Å². The van der Waals surface area contributed by atoms with E-state index in [1.54, 1.807) is 24.3 Å². The zero-order chi connectivity index (χ0) is 19.8. The van der Waals surface area contributed by atoms with E-state index in [9.17, 15) is 14.9 Å². The molecule has 0 fully saturated rings. The van der Waals surface area contributed by atoms with Crippen LogP contribution >= 0.6 is 0 Å². The van der Waals surface area contributed by atoms with Crippen LogP contribution in [0.1, 0.15) is 22.3 Å².